The van der Waals surface area contributed by atoms with Crippen molar-refractivity contribution in [2.75, 3.05) is 7.05 Å². The lowest BCUT2D eigenvalue weighted by Gasteiger charge is -2.18. The molecule has 1 amide bonds. The zero-order chi connectivity index (χ0) is 13.7. The molecule has 0 spiro atoms. The lowest BCUT2D eigenvalue weighted by atomic mass is 10.0. The van der Waals surface area contributed by atoms with Gasteiger partial charge in [0.25, 0.3) is 0 Å². The van der Waals surface area contributed by atoms with Crippen molar-refractivity contribution in [1.82, 2.24) is 9.88 Å². The van der Waals surface area contributed by atoms with E-state index < -0.39 is 5.97 Å². The molecule has 0 aliphatic carbocycles. The van der Waals surface area contributed by atoms with E-state index in [0.29, 0.717) is 6.54 Å². The number of carboxylic acid groups (broad SMARTS) is 1. The average Bonchev–Trinajstić information content (AvgIpc) is 2.62. The Morgan fingerprint density at radius 3 is 2.67 bits per heavy atom. The Kier molecular flexibility index (Phi) is 5.27. The van der Waals surface area contributed by atoms with Gasteiger partial charge in [-0.2, -0.15) is 0 Å². The predicted octanol–water partition coefficient (Wildman–Crippen LogP) is 1.91. The minimum Gasteiger partial charge on any atom is -0.481 e. The molecule has 1 aromatic heterocycles. The van der Waals surface area contributed by atoms with Gasteiger partial charge in [-0.3, -0.25) is 9.59 Å². The summed E-state index contributed by atoms with van der Waals surface area (Å²) in [5, 5.41) is 8.65. The predicted molar refractivity (Wildman–Crippen MR) is 69.4 cm³/mol. The SMILES string of the molecule is Cc1ncsc1CN(C)C(=O)CC(C)CC(=O)O. The second-order valence-corrected chi connectivity index (χ2v) is 5.46. The minimum absolute atomic E-state index is 0.0269. The summed E-state index contributed by atoms with van der Waals surface area (Å²) < 4.78 is 0. The van der Waals surface area contributed by atoms with Crippen molar-refractivity contribution >= 4 is 23.2 Å². The molecular formula is C12H18N2O3S. The number of carbonyl (C=O) groups excluding carboxylic acids is 1. The molecule has 0 saturated heterocycles. The Labute approximate surface area is 110 Å². The molecule has 18 heavy (non-hydrogen) atoms. The maximum atomic E-state index is 11.9. The van der Waals surface area contributed by atoms with Crippen LogP contribution in [-0.4, -0.2) is 33.9 Å². The molecule has 1 N–H and O–H groups in total. The molecule has 0 saturated carbocycles. The van der Waals surface area contributed by atoms with Crippen LogP contribution in [-0.2, 0) is 16.1 Å². The van der Waals surface area contributed by atoms with Gasteiger partial charge in [0.2, 0.25) is 5.91 Å². The van der Waals surface area contributed by atoms with Gasteiger partial charge in [-0.25, -0.2) is 4.98 Å². The summed E-state index contributed by atoms with van der Waals surface area (Å²) in [5.74, 6) is -1.03. The number of nitrogens with zero attached hydrogens (tertiary/aromatic N) is 2. The summed E-state index contributed by atoms with van der Waals surface area (Å²) in [4.78, 5) is 29.2. The highest BCUT2D eigenvalue weighted by atomic mass is 32.1. The third-order valence-electron chi connectivity index (χ3n) is 2.70. The summed E-state index contributed by atoms with van der Waals surface area (Å²) in [6.07, 6.45) is 0.291. The molecule has 0 radical (unpaired) electrons. The first-order chi connectivity index (χ1) is 8.40. The number of hydrogen-bond donors (Lipinski definition) is 1. The highest BCUT2D eigenvalue weighted by Crippen LogP contribution is 2.16. The maximum Gasteiger partial charge on any atom is 0.303 e. The standard InChI is InChI=1S/C12H18N2O3S/c1-8(5-12(16)17)4-11(15)14(3)6-10-9(2)13-7-18-10/h7-8H,4-6H2,1-3H3,(H,16,17). The molecular weight excluding hydrogens is 252 g/mol. The highest BCUT2D eigenvalue weighted by Gasteiger charge is 2.17. The van der Waals surface area contributed by atoms with Crippen LogP contribution in [0.5, 0.6) is 0 Å². The fourth-order valence-corrected chi connectivity index (χ4v) is 2.44. The Hall–Kier alpha value is -1.43. The number of thiazole rings is 1. The first kappa shape index (κ1) is 14.6. The summed E-state index contributed by atoms with van der Waals surface area (Å²) in [5.41, 5.74) is 2.70. The van der Waals surface area contributed by atoms with E-state index >= 15 is 0 Å². The van der Waals surface area contributed by atoms with Crippen molar-refractivity contribution in [3.63, 3.8) is 0 Å². The first-order valence-electron chi connectivity index (χ1n) is 5.75. The van der Waals surface area contributed by atoms with E-state index in [2.05, 4.69) is 4.98 Å². The topological polar surface area (TPSA) is 70.5 Å². The number of carboxylic acids is 1. The molecule has 1 atom stereocenters. The first-order valence-corrected chi connectivity index (χ1v) is 6.62. The summed E-state index contributed by atoms with van der Waals surface area (Å²) in [6, 6.07) is 0. The van der Waals surface area contributed by atoms with E-state index in [-0.39, 0.29) is 24.7 Å². The Balaban J connectivity index is 2.47. The van der Waals surface area contributed by atoms with E-state index in [1.54, 1.807) is 24.4 Å². The van der Waals surface area contributed by atoms with Gasteiger partial charge in [0.15, 0.2) is 0 Å². The van der Waals surface area contributed by atoms with E-state index in [4.69, 9.17) is 5.11 Å². The zero-order valence-corrected chi connectivity index (χ0v) is 11.7. The number of aromatic nitrogens is 1. The average molecular weight is 270 g/mol. The molecule has 5 nitrogen and oxygen atoms in total. The zero-order valence-electron chi connectivity index (χ0n) is 10.8. The number of aliphatic carboxylic acids is 1. The van der Waals surface area contributed by atoms with Crippen LogP contribution >= 0.6 is 11.3 Å². The number of carbonyl (C=O) groups is 2. The normalized spacial score (nSPS) is 12.2. The van der Waals surface area contributed by atoms with Crippen molar-refractivity contribution in [2.24, 2.45) is 5.92 Å². The fraction of sp³-hybridized carbons (Fsp3) is 0.583. The summed E-state index contributed by atoms with van der Waals surface area (Å²) in [6.45, 7) is 4.23. The van der Waals surface area contributed by atoms with Gasteiger partial charge in [-0.1, -0.05) is 6.92 Å². The monoisotopic (exact) mass is 270 g/mol. The van der Waals surface area contributed by atoms with Crippen molar-refractivity contribution in [2.45, 2.75) is 33.2 Å². The van der Waals surface area contributed by atoms with Gasteiger partial charge in [0.05, 0.1) is 17.7 Å². The van der Waals surface area contributed by atoms with Crippen molar-refractivity contribution in [1.29, 1.82) is 0 Å². The molecule has 0 fully saturated rings. The maximum absolute atomic E-state index is 11.9. The Bertz CT molecular complexity index is 431. The molecule has 1 rings (SSSR count). The number of aryl methyl sites for hydroxylation is 1. The lowest BCUT2D eigenvalue weighted by molar-refractivity contribution is -0.138. The van der Waals surface area contributed by atoms with Crippen LogP contribution in [0.1, 0.15) is 30.3 Å². The second-order valence-electron chi connectivity index (χ2n) is 4.52. The van der Waals surface area contributed by atoms with Crippen LogP contribution in [0.25, 0.3) is 0 Å². The number of amides is 1. The minimum atomic E-state index is -0.865. The van der Waals surface area contributed by atoms with Crippen LogP contribution in [0.15, 0.2) is 5.51 Å². The molecule has 1 aromatic rings. The molecule has 1 unspecified atom stereocenters. The van der Waals surface area contributed by atoms with Crippen molar-refractivity contribution in [3.8, 4) is 0 Å². The fourth-order valence-electron chi connectivity index (χ4n) is 1.61. The van der Waals surface area contributed by atoms with Crippen LogP contribution in [0.2, 0.25) is 0 Å². The quantitative estimate of drug-likeness (QED) is 0.857. The van der Waals surface area contributed by atoms with Crippen LogP contribution in [0, 0.1) is 12.8 Å². The Morgan fingerprint density at radius 2 is 2.17 bits per heavy atom. The van der Waals surface area contributed by atoms with Crippen LogP contribution in [0.4, 0.5) is 0 Å². The molecule has 0 aliphatic heterocycles. The van der Waals surface area contributed by atoms with Gasteiger partial charge in [-0.15, -0.1) is 11.3 Å². The van der Waals surface area contributed by atoms with Gasteiger partial charge in [0, 0.05) is 24.8 Å². The third kappa shape index (κ3) is 4.44. The number of rotatable bonds is 6. The highest BCUT2D eigenvalue weighted by molar-refractivity contribution is 7.09. The molecule has 0 bridgehead atoms. The van der Waals surface area contributed by atoms with Gasteiger partial charge in [0.1, 0.15) is 0 Å². The van der Waals surface area contributed by atoms with E-state index in [1.165, 1.54) is 11.3 Å². The van der Waals surface area contributed by atoms with Crippen LogP contribution in [0.3, 0.4) is 0 Å². The molecule has 100 valence electrons. The van der Waals surface area contributed by atoms with E-state index in [0.717, 1.165) is 10.6 Å². The smallest absolute Gasteiger partial charge is 0.303 e. The molecule has 0 aromatic carbocycles. The van der Waals surface area contributed by atoms with Crippen molar-refractivity contribution < 1.29 is 14.7 Å². The number of hydrogen-bond acceptors (Lipinski definition) is 4. The third-order valence-corrected chi connectivity index (χ3v) is 3.62. The Morgan fingerprint density at radius 1 is 1.50 bits per heavy atom. The second kappa shape index (κ2) is 6.49. The van der Waals surface area contributed by atoms with E-state index in [9.17, 15) is 9.59 Å². The largest absolute Gasteiger partial charge is 0.481 e. The van der Waals surface area contributed by atoms with Gasteiger partial charge < -0.3 is 10.0 Å². The van der Waals surface area contributed by atoms with Gasteiger partial charge in [-0.05, 0) is 12.8 Å². The lowest BCUT2D eigenvalue weighted by Crippen LogP contribution is -2.28. The molecule has 0 aliphatic rings. The summed E-state index contributed by atoms with van der Waals surface area (Å²) in [7, 11) is 1.73. The summed E-state index contributed by atoms with van der Waals surface area (Å²) >= 11 is 1.53. The molecule has 1 heterocycles. The van der Waals surface area contributed by atoms with Crippen LogP contribution < -0.4 is 0 Å². The van der Waals surface area contributed by atoms with Crippen molar-refractivity contribution in [3.05, 3.63) is 16.1 Å². The van der Waals surface area contributed by atoms with Gasteiger partial charge >= 0.3 is 5.97 Å². The van der Waals surface area contributed by atoms with E-state index in [1.807, 2.05) is 6.92 Å². The molecule has 6 heteroatoms.